The summed E-state index contributed by atoms with van der Waals surface area (Å²) in [4.78, 5) is 12.1. The summed E-state index contributed by atoms with van der Waals surface area (Å²) in [6, 6.07) is 18.6. The maximum atomic E-state index is 12.1. The SMILES string of the molecule is C=CCOc1ccc(C=C(C#N)C(=O)NCc2ccccc2)cc1. The molecule has 0 saturated heterocycles. The van der Waals surface area contributed by atoms with E-state index in [4.69, 9.17) is 4.74 Å². The number of hydrogen-bond donors (Lipinski definition) is 1. The molecule has 0 radical (unpaired) electrons. The molecule has 120 valence electrons. The van der Waals surface area contributed by atoms with Crippen LogP contribution in [0.4, 0.5) is 0 Å². The quantitative estimate of drug-likeness (QED) is 0.483. The van der Waals surface area contributed by atoms with Gasteiger partial charge in [0.25, 0.3) is 5.91 Å². The second kappa shape index (κ2) is 8.96. The molecule has 4 nitrogen and oxygen atoms in total. The summed E-state index contributed by atoms with van der Waals surface area (Å²) >= 11 is 0. The minimum absolute atomic E-state index is 0.0608. The summed E-state index contributed by atoms with van der Waals surface area (Å²) in [7, 11) is 0. The van der Waals surface area contributed by atoms with Crippen LogP contribution in [-0.2, 0) is 11.3 Å². The molecule has 0 atom stereocenters. The van der Waals surface area contributed by atoms with Crippen molar-refractivity contribution in [1.82, 2.24) is 5.32 Å². The molecule has 2 rings (SSSR count). The zero-order valence-corrected chi connectivity index (χ0v) is 13.2. The van der Waals surface area contributed by atoms with E-state index in [0.29, 0.717) is 18.9 Å². The zero-order chi connectivity index (χ0) is 17.2. The van der Waals surface area contributed by atoms with Gasteiger partial charge in [-0.15, -0.1) is 0 Å². The lowest BCUT2D eigenvalue weighted by Crippen LogP contribution is -2.23. The Morgan fingerprint density at radius 1 is 1.17 bits per heavy atom. The number of carbonyl (C=O) groups excluding carboxylic acids is 1. The summed E-state index contributed by atoms with van der Waals surface area (Å²) in [6.45, 7) is 4.40. The van der Waals surface area contributed by atoms with Crippen LogP contribution >= 0.6 is 0 Å². The Bertz CT molecular complexity index is 756. The molecule has 0 spiro atoms. The highest BCUT2D eigenvalue weighted by Crippen LogP contribution is 2.14. The Kier molecular flexibility index (Phi) is 6.36. The number of carbonyl (C=O) groups is 1. The topological polar surface area (TPSA) is 62.1 Å². The molecule has 0 fully saturated rings. The van der Waals surface area contributed by atoms with Crippen LogP contribution in [0.25, 0.3) is 6.08 Å². The van der Waals surface area contributed by atoms with Crippen LogP contribution < -0.4 is 10.1 Å². The van der Waals surface area contributed by atoms with Crippen LogP contribution in [0.1, 0.15) is 11.1 Å². The van der Waals surface area contributed by atoms with Crippen molar-refractivity contribution >= 4 is 12.0 Å². The summed E-state index contributed by atoms with van der Waals surface area (Å²) in [5.41, 5.74) is 1.80. The lowest BCUT2D eigenvalue weighted by Gasteiger charge is -2.05. The molecule has 0 unspecified atom stereocenters. The van der Waals surface area contributed by atoms with Gasteiger partial charge in [-0.2, -0.15) is 5.26 Å². The second-order valence-corrected chi connectivity index (χ2v) is 5.01. The number of nitrogens with one attached hydrogen (secondary N) is 1. The highest BCUT2D eigenvalue weighted by Gasteiger charge is 2.08. The van der Waals surface area contributed by atoms with Crippen molar-refractivity contribution in [2.75, 3.05) is 6.61 Å². The van der Waals surface area contributed by atoms with Gasteiger partial charge in [-0.1, -0.05) is 55.1 Å². The van der Waals surface area contributed by atoms with E-state index in [1.165, 1.54) is 0 Å². The number of ether oxygens (including phenoxy) is 1. The molecule has 4 heteroatoms. The molecule has 2 aromatic carbocycles. The highest BCUT2D eigenvalue weighted by atomic mass is 16.5. The van der Waals surface area contributed by atoms with E-state index in [0.717, 1.165) is 11.1 Å². The van der Waals surface area contributed by atoms with Crippen LogP contribution in [0.15, 0.2) is 72.8 Å². The first-order valence-electron chi connectivity index (χ1n) is 7.50. The van der Waals surface area contributed by atoms with E-state index in [-0.39, 0.29) is 5.57 Å². The summed E-state index contributed by atoms with van der Waals surface area (Å²) in [5.74, 6) is 0.312. The molecule has 0 saturated carbocycles. The van der Waals surface area contributed by atoms with E-state index in [1.807, 2.05) is 36.4 Å². The van der Waals surface area contributed by atoms with Crippen LogP contribution in [0, 0.1) is 11.3 Å². The van der Waals surface area contributed by atoms with E-state index in [1.54, 1.807) is 36.4 Å². The number of benzene rings is 2. The Morgan fingerprint density at radius 2 is 1.88 bits per heavy atom. The van der Waals surface area contributed by atoms with E-state index < -0.39 is 5.91 Å². The highest BCUT2D eigenvalue weighted by molar-refractivity contribution is 6.01. The minimum Gasteiger partial charge on any atom is -0.490 e. The number of nitriles is 1. The van der Waals surface area contributed by atoms with Gasteiger partial charge in [0.05, 0.1) is 0 Å². The Labute approximate surface area is 141 Å². The van der Waals surface area contributed by atoms with Gasteiger partial charge in [0, 0.05) is 6.54 Å². The number of nitrogens with zero attached hydrogens (tertiary/aromatic N) is 1. The normalized spacial score (nSPS) is 10.5. The molecular formula is C20H18N2O2. The van der Waals surface area contributed by atoms with Gasteiger partial charge in [0.2, 0.25) is 0 Å². The Balaban J connectivity index is 2.01. The largest absolute Gasteiger partial charge is 0.490 e. The Morgan fingerprint density at radius 3 is 2.50 bits per heavy atom. The van der Waals surface area contributed by atoms with Crippen molar-refractivity contribution < 1.29 is 9.53 Å². The van der Waals surface area contributed by atoms with Gasteiger partial charge in [-0.3, -0.25) is 4.79 Å². The van der Waals surface area contributed by atoms with E-state index in [9.17, 15) is 10.1 Å². The molecule has 0 aliphatic rings. The van der Waals surface area contributed by atoms with Gasteiger partial charge in [0.1, 0.15) is 24.0 Å². The molecule has 0 bridgehead atoms. The monoisotopic (exact) mass is 318 g/mol. The summed E-state index contributed by atoms with van der Waals surface area (Å²) in [5, 5.41) is 12.0. The van der Waals surface area contributed by atoms with Crippen LogP contribution in [0.5, 0.6) is 5.75 Å². The molecular weight excluding hydrogens is 300 g/mol. The summed E-state index contributed by atoms with van der Waals surface area (Å²) in [6.07, 6.45) is 3.22. The van der Waals surface area contributed by atoms with Gasteiger partial charge >= 0.3 is 0 Å². The van der Waals surface area contributed by atoms with E-state index >= 15 is 0 Å². The fourth-order valence-corrected chi connectivity index (χ4v) is 2.00. The molecule has 24 heavy (non-hydrogen) atoms. The van der Waals surface area contributed by atoms with Crippen molar-refractivity contribution in [2.45, 2.75) is 6.54 Å². The maximum Gasteiger partial charge on any atom is 0.262 e. The van der Waals surface area contributed by atoms with Crippen molar-refractivity contribution in [3.05, 3.63) is 84.0 Å². The minimum atomic E-state index is -0.395. The Hall–Kier alpha value is -3.32. The lowest BCUT2D eigenvalue weighted by molar-refractivity contribution is -0.117. The standard InChI is InChI=1S/C20H18N2O2/c1-2-12-24-19-10-8-16(9-11-19)13-18(14-21)20(23)22-15-17-6-4-3-5-7-17/h2-11,13H,1,12,15H2,(H,22,23). The molecule has 0 heterocycles. The van der Waals surface area contributed by atoms with E-state index in [2.05, 4.69) is 11.9 Å². The van der Waals surface area contributed by atoms with Crippen LogP contribution in [0.3, 0.4) is 0 Å². The lowest BCUT2D eigenvalue weighted by atomic mass is 10.1. The summed E-state index contributed by atoms with van der Waals surface area (Å²) < 4.78 is 5.39. The predicted octanol–water partition coefficient (Wildman–Crippen LogP) is 3.47. The maximum absolute atomic E-state index is 12.1. The third kappa shape index (κ3) is 5.15. The second-order valence-electron chi connectivity index (χ2n) is 5.01. The van der Waals surface area contributed by atoms with Crippen molar-refractivity contribution in [2.24, 2.45) is 0 Å². The smallest absolute Gasteiger partial charge is 0.262 e. The molecule has 0 aliphatic carbocycles. The van der Waals surface area contributed by atoms with Gasteiger partial charge in [-0.25, -0.2) is 0 Å². The average Bonchev–Trinajstić information content (AvgIpc) is 2.64. The van der Waals surface area contributed by atoms with Crippen molar-refractivity contribution in [3.8, 4) is 11.8 Å². The fraction of sp³-hybridized carbons (Fsp3) is 0.100. The van der Waals surface area contributed by atoms with Crippen LogP contribution in [-0.4, -0.2) is 12.5 Å². The molecule has 2 aromatic rings. The first-order chi connectivity index (χ1) is 11.7. The number of hydrogen-bond acceptors (Lipinski definition) is 3. The first-order valence-corrected chi connectivity index (χ1v) is 7.50. The predicted molar refractivity (Wildman–Crippen MR) is 94.0 cm³/mol. The number of amides is 1. The number of rotatable bonds is 7. The fourth-order valence-electron chi connectivity index (χ4n) is 2.00. The first kappa shape index (κ1) is 17.0. The third-order valence-electron chi connectivity index (χ3n) is 3.22. The van der Waals surface area contributed by atoms with Crippen LogP contribution in [0.2, 0.25) is 0 Å². The third-order valence-corrected chi connectivity index (χ3v) is 3.22. The van der Waals surface area contributed by atoms with Crippen molar-refractivity contribution in [3.63, 3.8) is 0 Å². The average molecular weight is 318 g/mol. The van der Waals surface area contributed by atoms with Crippen molar-refractivity contribution in [1.29, 1.82) is 5.26 Å². The molecule has 0 aliphatic heterocycles. The zero-order valence-electron chi connectivity index (χ0n) is 13.2. The van der Waals surface area contributed by atoms with Gasteiger partial charge in [-0.05, 0) is 29.3 Å². The van der Waals surface area contributed by atoms with Gasteiger partial charge in [0.15, 0.2) is 0 Å². The molecule has 1 amide bonds. The molecule has 0 aromatic heterocycles. The molecule has 1 N–H and O–H groups in total. The van der Waals surface area contributed by atoms with Gasteiger partial charge < -0.3 is 10.1 Å².